The van der Waals surface area contributed by atoms with Gasteiger partial charge in [0, 0.05) is 26.2 Å². The van der Waals surface area contributed by atoms with Gasteiger partial charge in [-0.2, -0.15) is 0 Å². The second-order valence-corrected chi connectivity index (χ2v) is 7.68. The predicted molar refractivity (Wildman–Crippen MR) is 117 cm³/mol. The average Bonchev–Trinajstić information content (AvgIpc) is 2.82. The number of anilines is 1. The van der Waals surface area contributed by atoms with Crippen molar-refractivity contribution in [1.82, 2.24) is 4.90 Å². The number of piperidine rings is 1. The van der Waals surface area contributed by atoms with E-state index in [-0.39, 0.29) is 23.2 Å². The molecule has 1 aliphatic rings. The van der Waals surface area contributed by atoms with Crippen LogP contribution in [0.5, 0.6) is 0 Å². The molecule has 0 aromatic heterocycles. The lowest BCUT2D eigenvalue weighted by Gasteiger charge is -2.28. The molecule has 1 atom stereocenters. The number of benzene rings is 2. The largest absolute Gasteiger partial charge is 0.452 e. The Kier molecular flexibility index (Phi) is 7.23. The standard InChI is InChI=1S/C23H27N3O5/c1-17(18-9-5-3-6-10-18)24(2)22(27)16-31-23(28)19-11-12-20(21(15-19)26(29)30)25-13-7-4-8-14-25/h3,5-6,9-12,15,17H,4,7-8,13-14,16H2,1-2H3. The second-order valence-electron chi connectivity index (χ2n) is 7.68. The molecule has 8 heteroatoms. The fourth-order valence-corrected chi connectivity index (χ4v) is 3.68. The summed E-state index contributed by atoms with van der Waals surface area (Å²) in [5.41, 5.74) is 1.40. The zero-order valence-electron chi connectivity index (χ0n) is 17.8. The van der Waals surface area contributed by atoms with Crippen molar-refractivity contribution < 1.29 is 19.2 Å². The van der Waals surface area contributed by atoms with E-state index in [1.165, 1.54) is 17.0 Å². The quantitative estimate of drug-likeness (QED) is 0.379. The Bertz CT molecular complexity index is 941. The summed E-state index contributed by atoms with van der Waals surface area (Å²) in [6, 6.07) is 13.7. The smallest absolute Gasteiger partial charge is 0.338 e. The second kappa shape index (κ2) is 10.1. The molecule has 1 aliphatic heterocycles. The van der Waals surface area contributed by atoms with E-state index in [1.54, 1.807) is 13.1 Å². The number of carbonyl (C=O) groups excluding carboxylic acids is 2. The van der Waals surface area contributed by atoms with Crippen LogP contribution < -0.4 is 4.90 Å². The van der Waals surface area contributed by atoms with Crippen LogP contribution in [0.4, 0.5) is 11.4 Å². The molecule has 1 unspecified atom stereocenters. The fourth-order valence-electron chi connectivity index (χ4n) is 3.68. The Balaban J connectivity index is 1.65. The summed E-state index contributed by atoms with van der Waals surface area (Å²) >= 11 is 0. The van der Waals surface area contributed by atoms with Gasteiger partial charge in [-0.05, 0) is 43.9 Å². The molecule has 31 heavy (non-hydrogen) atoms. The van der Waals surface area contributed by atoms with Crippen LogP contribution in [0, 0.1) is 10.1 Å². The lowest BCUT2D eigenvalue weighted by atomic mass is 10.1. The van der Waals surface area contributed by atoms with Crippen molar-refractivity contribution in [3.63, 3.8) is 0 Å². The number of likely N-dealkylation sites (N-methyl/N-ethyl adjacent to an activating group) is 1. The Morgan fingerprint density at radius 1 is 1.13 bits per heavy atom. The molecule has 8 nitrogen and oxygen atoms in total. The summed E-state index contributed by atoms with van der Waals surface area (Å²) in [6.45, 7) is 2.96. The number of rotatable bonds is 7. The summed E-state index contributed by atoms with van der Waals surface area (Å²) in [7, 11) is 1.64. The molecular formula is C23H27N3O5. The minimum Gasteiger partial charge on any atom is -0.452 e. The van der Waals surface area contributed by atoms with Crippen molar-refractivity contribution in [2.24, 2.45) is 0 Å². The molecule has 1 saturated heterocycles. The maximum Gasteiger partial charge on any atom is 0.338 e. The Morgan fingerprint density at radius 3 is 2.45 bits per heavy atom. The van der Waals surface area contributed by atoms with Gasteiger partial charge in [0.05, 0.1) is 16.5 Å². The van der Waals surface area contributed by atoms with Crippen molar-refractivity contribution >= 4 is 23.3 Å². The van der Waals surface area contributed by atoms with Gasteiger partial charge in [-0.15, -0.1) is 0 Å². The highest BCUT2D eigenvalue weighted by atomic mass is 16.6. The molecule has 0 bridgehead atoms. The van der Waals surface area contributed by atoms with E-state index in [4.69, 9.17) is 4.74 Å². The number of amides is 1. The van der Waals surface area contributed by atoms with Crippen LogP contribution in [0.15, 0.2) is 48.5 Å². The molecule has 1 amide bonds. The van der Waals surface area contributed by atoms with Crippen LogP contribution in [0.2, 0.25) is 0 Å². The van der Waals surface area contributed by atoms with Crippen molar-refractivity contribution in [3.8, 4) is 0 Å². The van der Waals surface area contributed by atoms with Crippen LogP contribution in [-0.2, 0) is 9.53 Å². The molecule has 2 aromatic rings. The van der Waals surface area contributed by atoms with E-state index in [0.717, 1.165) is 37.9 Å². The lowest BCUT2D eigenvalue weighted by molar-refractivity contribution is -0.384. The number of hydrogen-bond donors (Lipinski definition) is 0. The summed E-state index contributed by atoms with van der Waals surface area (Å²) in [5, 5.41) is 11.6. The van der Waals surface area contributed by atoms with Gasteiger partial charge in [0.2, 0.25) is 0 Å². The van der Waals surface area contributed by atoms with Crippen LogP contribution in [-0.4, -0.2) is 48.4 Å². The fraction of sp³-hybridized carbons (Fsp3) is 0.391. The SMILES string of the molecule is CC(c1ccccc1)N(C)C(=O)COC(=O)c1ccc(N2CCCCC2)c([N+](=O)[O-])c1. The summed E-state index contributed by atoms with van der Waals surface area (Å²) in [4.78, 5) is 39.5. The van der Waals surface area contributed by atoms with E-state index in [2.05, 4.69) is 0 Å². The molecule has 0 radical (unpaired) electrons. The number of ether oxygens (including phenoxy) is 1. The molecule has 0 N–H and O–H groups in total. The van der Waals surface area contributed by atoms with Gasteiger partial charge in [-0.1, -0.05) is 30.3 Å². The monoisotopic (exact) mass is 425 g/mol. The van der Waals surface area contributed by atoms with Crippen LogP contribution in [0.25, 0.3) is 0 Å². The molecular weight excluding hydrogens is 398 g/mol. The lowest BCUT2D eigenvalue weighted by Crippen LogP contribution is -2.33. The zero-order valence-corrected chi connectivity index (χ0v) is 17.8. The number of esters is 1. The minimum absolute atomic E-state index is 0.0546. The highest BCUT2D eigenvalue weighted by molar-refractivity contribution is 5.93. The molecule has 0 spiro atoms. The number of nitro groups is 1. The third-order valence-corrected chi connectivity index (χ3v) is 5.69. The molecule has 0 aliphatic carbocycles. The van der Waals surface area contributed by atoms with E-state index < -0.39 is 17.5 Å². The van der Waals surface area contributed by atoms with Crippen LogP contribution in [0.1, 0.15) is 48.1 Å². The maximum absolute atomic E-state index is 12.5. The molecule has 0 saturated carbocycles. The third-order valence-electron chi connectivity index (χ3n) is 5.69. The first-order chi connectivity index (χ1) is 14.9. The molecule has 1 heterocycles. The van der Waals surface area contributed by atoms with E-state index in [1.807, 2.05) is 42.2 Å². The van der Waals surface area contributed by atoms with Crippen LogP contribution >= 0.6 is 0 Å². The van der Waals surface area contributed by atoms with Gasteiger partial charge in [-0.3, -0.25) is 14.9 Å². The van der Waals surface area contributed by atoms with Crippen LogP contribution in [0.3, 0.4) is 0 Å². The molecule has 3 rings (SSSR count). The van der Waals surface area contributed by atoms with Gasteiger partial charge in [0.15, 0.2) is 6.61 Å². The van der Waals surface area contributed by atoms with Crippen molar-refractivity contribution in [1.29, 1.82) is 0 Å². The first-order valence-corrected chi connectivity index (χ1v) is 10.4. The van der Waals surface area contributed by atoms with Crippen molar-refractivity contribution in [2.75, 3.05) is 31.6 Å². The Hall–Kier alpha value is -3.42. The Morgan fingerprint density at radius 2 is 1.81 bits per heavy atom. The first-order valence-electron chi connectivity index (χ1n) is 10.4. The summed E-state index contributed by atoms with van der Waals surface area (Å²) < 4.78 is 5.15. The van der Waals surface area contributed by atoms with Gasteiger partial charge in [0.25, 0.3) is 11.6 Å². The topological polar surface area (TPSA) is 93.0 Å². The zero-order chi connectivity index (χ0) is 22.4. The van der Waals surface area contributed by atoms with Gasteiger partial charge >= 0.3 is 5.97 Å². The van der Waals surface area contributed by atoms with E-state index in [0.29, 0.717) is 5.69 Å². The van der Waals surface area contributed by atoms with E-state index >= 15 is 0 Å². The number of nitro benzene ring substituents is 1. The van der Waals surface area contributed by atoms with Gasteiger partial charge < -0.3 is 14.5 Å². The highest BCUT2D eigenvalue weighted by Gasteiger charge is 2.24. The average molecular weight is 425 g/mol. The summed E-state index contributed by atoms with van der Waals surface area (Å²) in [6.07, 6.45) is 3.08. The third kappa shape index (κ3) is 5.39. The molecule has 2 aromatic carbocycles. The number of hydrogen-bond acceptors (Lipinski definition) is 6. The normalized spacial score (nSPS) is 14.6. The highest BCUT2D eigenvalue weighted by Crippen LogP contribution is 2.31. The predicted octanol–water partition coefficient (Wildman–Crippen LogP) is 3.96. The Labute approximate surface area is 181 Å². The summed E-state index contributed by atoms with van der Waals surface area (Å²) in [5.74, 6) is -1.12. The maximum atomic E-state index is 12.5. The molecule has 164 valence electrons. The number of nitrogens with zero attached hydrogens (tertiary/aromatic N) is 3. The van der Waals surface area contributed by atoms with Gasteiger partial charge in [0.1, 0.15) is 5.69 Å². The minimum atomic E-state index is -0.762. The number of carbonyl (C=O) groups is 2. The molecule has 1 fully saturated rings. The first kappa shape index (κ1) is 22.3. The van der Waals surface area contributed by atoms with Gasteiger partial charge in [-0.25, -0.2) is 4.79 Å². The van der Waals surface area contributed by atoms with Crippen molar-refractivity contribution in [3.05, 3.63) is 69.8 Å². The van der Waals surface area contributed by atoms with E-state index in [9.17, 15) is 19.7 Å². The van der Waals surface area contributed by atoms with Crippen molar-refractivity contribution in [2.45, 2.75) is 32.2 Å².